The van der Waals surface area contributed by atoms with Crippen LogP contribution in [0.1, 0.15) is 11.1 Å². The van der Waals surface area contributed by atoms with E-state index in [0.29, 0.717) is 0 Å². The van der Waals surface area contributed by atoms with Gasteiger partial charge in [-0.05, 0) is 43.2 Å². The standard InChI is InChI=1S/C15H13N/c1-10-5-3-7-14-12(10)9-13-11(2)6-4-8-15(13)16-14/h3-9H,1-2H3. The fourth-order valence-electron chi connectivity index (χ4n) is 2.17. The van der Waals surface area contributed by atoms with Crippen LogP contribution in [0, 0.1) is 13.8 Å². The summed E-state index contributed by atoms with van der Waals surface area (Å²) in [6.45, 7) is 4.27. The van der Waals surface area contributed by atoms with Gasteiger partial charge in [-0.3, -0.25) is 0 Å². The van der Waals surface area contributed by atoms with Gasteiger partial charge in [0.2, 0.25) is 0 Å². The summed E-state index contributed by atoms with van der Waals surface area (Å²) in [6.07, 6.45) is 0. The Morgan fingerprint density at radius 3 is 1.75 bits per heavy atom. The first-order chi connectivity index (χ1) is 7.75. The van der Waals surface area contributed by atoms with Gasteiger partial charge in [0, 0.05) is 10.8 Å². The highest BCUT2D eigenvalue weighted by atomic mass is 14.7. The van der Waals surface area contributed by atoms with Gasteiger partial charge in [-0.15, -0.1) is 0 Å². The van der Waals surface area contributed by atoms with Gasteiger partial charge in [-0.25, -0.2) is 4.98 Å². The van der Waals surface area contributed by atoms with E-state index in [2.05, 4.69) is 56.3 Å². The van der Waals surface area contributed by atoms with Gasteiger partial charge >= 0.3 is 0 Å². The van der Waals surface area contributed by atoms with Gasteiger partial charge in [0.25, 0.3) is 0 Å². The van der Waals surface area contributed by atoms with Crippen molar-refractivity contribution in [2.75, 3.05) is 0 Å². The predicted molar refractivity (Wildman–Crippen MR) is 68.7 cm³/mol. The summed E-state index contributed by atoms with van der Waals surface area (Å²) in [5.41, 5.74) is 4.74. The quantitative estimate of drug-likeness (QED) is 0.508. The lowest BCUT2D eigenvalue weighted by molar-refractivity contribution is 1.43. The number of rotatable bonds is 0. The molecule has 0 aliphatic heterocycles. The Labute approximate surface area is 94.7 Å². The number of hydrogen-bond donors (Lipinski definition) is 0. The monoisotopic (exact) mass is 207 g/mol. The third-order valence-electron chi connectivity index (χ3n) is 3.13. The van der Waals surface area contributed by atoms with Crippen LogP contribution < -0.4 is 0 Å². The molecule has 0 aliphatic carbocycles. The second-order valence-corrected chi connectivity index (χ2v) is 4.27. The summed E-state index contributed by atoms with van der Waals surface area (Å²) in [7, 11) is 0. The van der Waals surface area contributed by atoms with Gasteiger partial charge in [0.1, 0.15) is 0 Å². The molecule has 78 valence electrons. The Morgan fingerprint density at radius 2 is 1.25 bits per heavy atom. The number of hydrogen-bond acceptors (Lipinski definition) is 1. The maximum atomic E-state index is 4.70. The third kappa shape index (κ3) is 1.28. The minimum atomic E-state index is 1.08. The van der Waals surface area contributed by atoms with E-state index in [9.17, 15) is 0 Å². The Morgan fingerprint density at radius 1 is 0.750 bits per heavy atom. The fourth-order valence-corrected chi connectivity index (χ4v) is 2.17. The van der Waals surface area contributed by atoms with Gasteiger partial charge in [0.05, 0.1) is 11.0 Å². The number of aromatic nitrogens is 1. The highest BCUT2D eigenvalue weighted by Crippen LogP contribution is 2.24. The summed E-state index contributed by atoms with van der Waals surface area (Å²) in [6, 6.07) is 14.8. The van der Waals surface area contributed by atoms with Crippen molar-refractivity contribution in [3.8, 4) is 0 Å². The fraction of sp³-hybridized carbons (Fsp3) is 0.133. The van der Waals surface area contributed by atoms with Gasteiger partial charge in [-0.2, -0.15) is 0 Å². The van der Waals surface area contributed by atoms with Crippen molar-refractivity contribution in [1.82, 2.24) is 4.98 Å². The molecule has 0 radical (unpaired) electrons. The molecule has 2 aromatic carbocycles. The van der Waals surface area contributed by atoms with Crippen LogP contribution in [0.4, 0.5) is 0 Å². The second kappa shape index (κ2) is 3.31. The number of pyridine rings is 1. The van der Waals surface area contributed by atoms with Crippen LogP contribution in [0.3, 0.4) is 0 Å². The molecule has 16 heavy (non-hydrogen) atoms. The first-order valence-corrected chi connectivity index (χ1v) is 5.51. The summed E-state index contributed by atoms with van der Waals surface area (Å²) >= 11 is 0. The molecule has 0 aliphatic rings. The molecule has 0 unspecified atom stereocenters. The summed E-state index contributed by atoms with van der Waals surface area (Å²) in [4.78, 5) is 4.70. The second-order valence-electron chi connectivity index (χ2n) is 4.27. The first kappa shape index (κ1) is 9.34. The minimum absolute atomic E-state index is 1.08. The maximum absolute atomic E-state index is 4.70. The number of nitrogens with zero attached hydrogens (tertiary/aromatic N) is 1. The summed E-state index contributed by atoms with van der Waals surface area (Å²) in [5, 5.41) is 2.51. The van der Waals surface area contributed by atoms with Crippen molar-refractivity contribution in [3.05, 3.63) is 53.6 Å². The molecule has 3 rings (SSSR count). The van der Waals surface area contributed by atoms with Crippen molar-refractivity contribution < 1.29 is 0 Å². The van der Waals surface area contributed by atoms with Crippen molar-refractivity contribution in [1.29, 1.82) is 0 Å². The molecular weight excluding hydrogens is 194 g/mol. The van der Waals surface area contributed by atoms with Crippen LogP contribution in [0.25, 0.3) is 21.8 Å². The Bertz CT molecular complexity index is 626. The van der Waals surface area contributed by atoms with Gasteiger partial charge in [0.15, 0.2) is 0 Å². The van der Waals surface area contributed by atoms with Crippen LogP contribution in [0.5, 0.6) is 0 Å². The van der Waals surface area contributed by atoms with Crippen LogP contribution in [-0.4, -0.2) is 4.98 Å². The zero-order valence-corrected chi connectivity index (χ0v) is 9.49. The largest absolute Gasteiger partial charge is 0.248 e. The SMILES string of the molecule is Cc1cccc2nc3cccc(C)c3cc12. The van der Waals surface area contributed by atoms with E-state index in [-0.39, 0.29) is 0 Å². The molecule has 0 fully saturated rings. The van der Waals surface area contributed by atoms with E-state index in [1.165, 1.54) is 21.9 Å². The van der Waals surface area contributed by atoms with E-state index in [0.717, 1.165) is 11.0 Å². The lowest BCUT2D eigenvalue weighted by Crippen LogP contribution is -1.86. The average molecular weight is 207 g/mol. The van der Waals surface area contributed by atoms with E-state index < -0.39 is 0 Å². The molecule has 1 heterocycles. The minimum Gasteiger partial charge on any atom is -0.248 e. The van der Waals surface area contributed by atoms with Crippen LogP contribution in [-0.2, 0) is 0 Å². The molecular formula is C15H13N. The molecule has 1 heteroatoms. The smallest absolute Gasteiger partial charge is 0.0712 e. The molecule has 0 saturated carbocycles. The zero-order valence-electron chi connectivity index (χ0n) is 9.49. The molecule has 0 bridgehead atoms. The molecule has 1 nitrogen and oxygen atoms in total. The predicted octanol–water partition coefficient (Wildman–Crippen LogP) is 4.00. The average Bonchev–Trinajstić information content (AvgIpc) is 2.28. The van der Waals surface area contributed by atoms with E-state index in [4.69, 9.17) is 4.98 Å². The van der Waals surface area contributed by atoms with E-state index in [1.54, 1.807) is 0 Å². The Hall–Kier alpha value is -1.89. The molecule has 0 saturated heterocycles. The van der Waals surface area contributed by atoms with Crippen molar-refractivity contribution >= 4 is 21.8 Å². The molecule has 0 spiro atoms. The lowest BCUT2D eigenvalue weighted by atomic mass is 10.0. The molecule has 0 atom stereocenters. The molecule has 0 amide bonds. The highest BCUT2D eigenvalue weighted by Gasteiger charge is 2.02. The zero-order chi connectivity index (χ0) is 11.1. The molecule has 0 N–H and O–H groups in total. The Kier molecular flexibility index (Phi) is 1.93. The summed E-state index contributed by atoms with van der Waals surface area (Å²) in [5.74, 6) is 0. The normalized spacial score (nSPS) is 11.1. The topological polar surface area (TPSA) is 12.9 Å². The lowest BCUT2D eigenvalue weighted by Gasteiger charge is -2.05. The number of benzene rings is 2. The highest BCUT2D eigenvalue weighted by molar-refractivity contribution is 5.95. The third-order valence-corrected chi connectivity index (χ3v) is 3.13. The first-order valence-electron chi connectivity index (χ1n) is 5.51. The van der Waals surface area contributed by atoms with Crippen LogP contribution in [0.15, 0.2) is 42.5 Å². The van der Waals surface area contributed by atoms with Gasteiger partial charge < -0.3 is 0 Å². The van der Waals surface area contributed by atoms with E-state index in [1.807, 2.05) is 0 Å². The Balaban J connectivity index is 2.55. The number of aryl methyl sites for hydroxylation is 2. The van der Waals surface area contributed by atoms with Crippen molar-refractivity contribution in [3.63, 3.8) is 0 Å². The van der Waals surface area contributed by atoms with Crippen LogP contribution in [0.2, 0.25) is 0 Å². The van der Waals surface area contributed by atoms with Gasteiger partial charge in [-0.1, -0.05) is 24.3 Å². The molecule has 1 aromatic heterocycles. The van der Waals surface area contributed by atoms with Crippen molar-refractivity contribution in [2.24, 2.45) is 0 Å². The maximum Gasteiger partial charge on any atom is 0.0712 e. The molecule has 3 aromatic rings. The van der Waals surface area contributed by atoms with Crippen molar-refractivity contribution in [2.45, 2.75) is 13.8 Å². The summed E-state index contributed by atoms with van der Waals surface area (Å²) < 4.78 is 0. The van der Waals surface area contributed by atoms with E-state index >= 15 is 0 Å². The number of fused-ring (bicyclic) bond motifs is 2. The van der Waals surface area contributed by atoms with Crippen LogP contribution >= 0.6 is 0 Å².